The number of aromatic nitrogens is 2. The predicted octanol–water partition coefficient (Wildman–Crippen LogP) is 4.37. The van der Waals surface area contributed by atoms with E-state index in [-0.39, 0.29) is 0 Å². The fourth-order valence-corrected chi connectivity index (χ4v) is 2.01. The zero-order valence-corrected chi connectivity index (χ0v) is 12.4. The lowest BCUT2D eigenvalue weighted by Gasteiger charge is -2.19. The Morgan fingerprint density at radius 1 is 1.32 bits per heavy atom. The van der Waals surface area contributed by atoms with E-state index in [2.05, 4.69) is 31.2 Å². The molecule has 0 amide bonds. The van der Waals surface area contributed by atoms with Crippen LogP contribution in [0.4, 0.5) is 5.69 Å². The smallest absolute Gasteiger partial charge is 0.0877 e. The van der Waals surface area contributed by atoms with Crippen molar-refractivity contribution in [2.75, 3.05) is 11.9 Å². The minimum absolute atomic E-state index is 0.317. The molecule has 2 rings (SSSR count). The molecule has 102 valence electrons. The quantitative estimate of drug-likeness (QED) is 0.899. The van der Waals surface area contributed by atoms with Crippen LogP contribution in [0.1, 0.15) is 27.2 Å². The van der Waals surface area contributed by atoms with Gasteiger partial charge in [-0.15, -0.1) is 0 Å². The van der Waals surface area contributed by atoms with Gasteiger partial charge < -0.3 is 5.32 Å². The molecule has 0 atom stereocenters. The normalized spacial score (nSPS) is 11.6. The molecule has 4 heteroatoms. The summed E-state index contributed by atoms with van der Waals surface area (Å²) in [5, 5.41) is 8.45. The molecule has 0 spiro atoms. The predicted molar refractivity (Wildman–Crippen MR) is 81.1 cm³/mol. The third kappa shape index (κ3) is 4.00. The summed E-state index contributed by atoms with van der Waals surface area (Å²) < 4.78 is 1.84. The number of halogens is 1. The van der Waals surface area contributed by atoms with Crippen LogP contribution >= 0.6 is 11.6 Å². The highest BCUT2D eigenvalue weighted by molar-refractivity contribution is 6.31. The average Bonchev–Trinajstić information content (AvgIpc) is 2.81. The number of nitrogens with zero attached hydrogens (tertiary/aromatic N) is 2. The summed E-state index contributed by atoms with van der Waals surface area (Å²) in [6.45, 7) is 7.63. The van der Waals surface area contributed by atoms with Crippen molar-refractivity contribution < 1.29 is 0 Å². The summed E-state index contributed by atoms with van der Waals surface area (Å²) in [5.74, 6) is 0. The molecular weight excluding hydrogens is 258 g/mol. The second kappa shape index (κ2) is 5.66. The molecule has 0 bridgehead atoms. The highest BCUT2D eigenvalue weighted by Gasteiger charge is 2.11. The minimum Gasteiger partial charge on any atom is -0.383 e. The molecule has 0 aliphatic carbocycles. The Balaban J connectivity index is 2.17. The number of benzene rings is 1. The maximum absolute atomic E-state index is 6.08. The lowest BCUT2D eigenvalue weighted by atomic mass is 9.92. The zero-order valence-electron chi connectivity index (χ0n) is 11.7. The molecule has 1 aromatic carbocycles. The van der Waals surface area contributed by atoms with Crippen molar-refractivity contribution in [3.63, 3.8) is 0 Å². The summed E-state index contributed by atoms with van der Waals surface area (Å²) in [5.41, 5.74) is 2.35. The Hall–Kier alpha value is -1.48. The molecule has 0 aliphatic rings. The first-order chi connectivity index (χ1) is 8.96. The number of hydrogen-bond acceptors (Lipinski definition) is 2. The van der Waals surface area contributed by atoms with E-state index in [1.807, 2.05) is 35.1 Å². The van der Waals surface area contributed by atoms with E-state index < -0.39 is 0 Å². The van der Waals surface area contributed by atoms with Gasteiger partial charge in [0.05, 0.1) is 11.4 Å². The third-order valence-electron chi connectivity index (χ3n) is 2.90. The first kappa shape index (κ1) is 13.9. The topological polar surface area (TPSA) is 29.9 Å². The Morgan fingerprint density at radius 3 is 2.74 bits per heavy atom. The van der Waals surface area contributed by atoms with Gasteiger partial charge in [-0.05, 0) is 36.1 Å². The molecule has 0 unspecified atom stereocenters. The van der Waals surface area contributed by atoms with Crippen LogP contribution in [0.5, 0.6) is 0 Å². The molecule has 0 fully saturated rings. The Kier molecular flexibility index (Phi) is 4.15. The van der Waals surface area contributed by atoms with Crippen LogP contribution in [-0.2, 0) is 0 Å². The van der Waals surface area contributed by atoms with E-state index in [1.54, 1.807) is 6.20 Å². The Morgan fingerprint density at radius 2 is 2.11 bits per heavy atom. The van der Waals surface area contributed by atoms with E-state index in [0.29, 0.717) is 5.41 Å². The minimum atomic E-state index is 0.317. The van der Waals surface area contributed by atoms with Gasteiger partial charge in [0.25, 0.3) is 0 Å². The van der Waals surface area contributed by atoms with Gasteiger partial charge in [-0.25, -0.2) is 4.68 Å². The molecule has 0 aliphatic heterocycles. The Bertz CT molecular complexity index is 527. The van der Waals surface area contributed by atoms with E-state index in [0.717, 1.165) is 29.4 Å². The number of hydrogen-bond donors (Lipinski definition) is 1. The molecular formula is C15H20ClN3. The van der Waals surface area contributed by atoms with Gasteiger partial charge in [-0.3, -0.25) is 0 Å². The zero-order chi connectivity index (χ0) is 13.9. The van der Waals surface area contributed by atoms with Crippen LogP contribution in [0.15, 0.2) is 36.7 Å². The van der Waals surface area contributed by atoms with Crippen LogP contribution in [0.2, 0.25) is 5.02 Å². The second-order valence-electron chi connectivity index (χ2n) is 5.85. The molecule has 2 aromatic rings. The van der Waals surface area contributed by atoms with Gasteiger partial charge in [-0.2, -0.15) is 5.10 Å². The molecule has 0 radical (unpaired) electrons. The first-order valence-corrected chi connectivity index (χ1v) is 6.87. The lowest BCUT2D eigenvalue weighted by molar-refractivity contribution is 0.390. The standard InChI is InChI=1S/C15H20ClN3/c1-15(2,3)7-9-17-13-11-12(16)5-6-14(13)19-10-4-8-18-19/h4-6,8,10-11,17H,7,9H2,1-3H3. The van der Waals surface area contributed by atoms with Crippen LogP contribution in [0.25, 0.3) is 5.69 Å². The summed E-state index contributed by atoms with van der Waals surface area (Å²) in [4.78, 5) is 0. The maximum Gasteiger partial charge on any atom is 0.0877 e. The SMILES string of the molecule is CC(C)(C)CCNc1cc(Cl)ccc1-n1cccn1. The van der Waals surface area contributed by atoms with Gasteiger partial charge in [0.15, 0.2) is 0 Å². The highest BCUT2D eigenvalue weighted by Crippen LogP contribution is 2.25. The number of nitrogens with one attached hydrogen (secondary N) is 1. The van der Waals surface area contributed by atoms with Crippen molar-refractivity contribution in [2.45, 2.75) is 27.2 Å². The van der Waals surface area contributed by atoms with Crippen LogP contribution < -0.4 is 5.32 Å². The lowest BCUT2D eigenvalue weighted by Crippen LogP contribution is -2.14. The van der Waals surface area contributed by atoms with Gasteiger partial charge in [0, 0.05) is 24.0 Å². The highest BCUT2D eigenvalue weighted by atomic mass is 35.5. The van der Waals surface area contributed by atoms with Gasteiger partial charge in [0.1, 0.15) is 0 Å². The van der Waals surface area contributed by atoms with E-state index in [9.17, 15) is 0 Å². The fourth-order valence-electron chi connectivity index (χ4n) is 1.83. The molecule has 19 heavy (non-hydrogen) atoms. The van der Waals surface area contributed by atoms with E-state index in [4.69, 9.17) is 11.6 Å². The van der Waals surface area contributed by atoms with Gasteiger partial charge in [0.2, 0.25) is 0 Å². The van der Waals surface area contributed by atoms with Crippen LogP contribution in [-0.4, -0.2) is 16.3 Å². The molecule has 0 saturated heterocycles. The fraction of sp³-hybridized carbons (Fsp3) is 0.400. The summed E-state index contributed by atoms with van der Waals surface area (Å²) >= 11 is 6.08. The monoisotopic (exact) mass is 277 g/mol. The summed E-state index contributed by atoms with van der Waals surface area (Å²) in [6, 6.07) is 7.72. The molecule has 1 N–H and O–H groups in total. The van der Waals surface area contributed by atoms with Gasteiger partial charge >= 0.3 is 0 Å². The van der Waals surface area contributed by atoms with Crippen molar-refractivity contribution in [3.8, 4) is 5.69 Å². The van der Waals surface area contributed by atoms with Crippen molar-refractivity contribution in [1.82, 2.24) is 9.78 Å². The van der Waals surface area contributed by atoms with Crippen molar-refractivity contribution in [3.05, 3.63) is 41.7 Å². The number of anilines is 1. The maximum atomic E-state index is 6.08. The molecule has 1 heterocycles. The van der Waals surface area contributed by atoms with E-state index >= 15 is 0 Å². The largest absolute Gasteiger partial charge is 0.383 e. The van der Waals surface area contributed by atoms with Crippen molar-refractivity contribution in [2.24, 2.45) is 5.41 Å². The molecule has 0 saturated carbocycles. The Labute approximate surface area is 119 Å². The third-order valence-corrected chi connectivity index (χ3v) is 3.14. The van der Waals surface area contributed by atoms with Gasteiger partial charge in [-0.1, -0.05) is 32.4 Å². The molecule has 3 nitrogen and oxygen atoms in total. The van der Waals surface area contributed by atoms with Crippen LogP contribution in [0, 0.1) is 5.41 Å². The average molecular weight is 278 g/mol. The number of rotatable bonds is 4. The van der Waals surface area contributed by atoms with Crippen LogP contribution in [0.3, 0.4) is 0 Å². The molecule has 1 aromatic heterocycles. The van der Waals surface area contributed by atoms with Crippen molar-refractivity contribution >= 4 is 17.3 Å². The summed E-state index contributed by atoms with van der Waals surface area (Å²) in [7, 11) is 0. The van der Waals surface area contributed by atoms with Crippen molar-refractivity contribution in [1.29, 1.82) is 0 Å². The second-order valence-corrected chi connectivity index (χ2v) is 6.29. The summed E-state index contributed by atoms with van der Waals surface area (Å²) in [6.07, 6.45) is 4.80. The first-order valence-electron chi connectivity index (χ1n) is 6.49. The van der Waals surface area contributed by atoms with E-state index in [1.165, 1.54) is 0 Å².